The first-order valence-electron chi connectivity index (χ1n) is 10.2. The molecule has 0 aliphatic rings. The van der Waals surface area contributed by atoms with E-state index in [0.29, 0.717) is 11.3 Å². The van der Waals surface area contributed by atoms with E-state index >= 15 is 0 Å². The van der Waals surface area contributed by atoms with E-state index in [1.165, 1.54) is 0 Å². The lowest BCUT2D eigenvalue weighted by atomic mass is 9.80. The third-order valence-corrected chi connectivity index (χ3v) is 5.14. The molecule has 0 amide bonds. The van der Waals surface area contributed by atoms with E-state index in [9.17, 15) is 4.79 Å². The summed E-state index contributed by atoms with van der Waals surface area (Å²) in [5, 5.41) is 1.06. The second kappa shape index (κ2) is 8.08. The molecule has 1 aromatic heterocycles. The van der Waals surface area contributed by atoms with Crippen LogP contribution in [0.2, 0.25) is 0 Å². The molecule has 0 aliphatic heterocycles. The van der Waals surface area contributed by atoms with Crippen LogP contribution in [-0.4, -0.2) is 10.8 Å². The van der Waals surface area contributed by atoms with E-state index in [1.807, 2.05) is 93.6 Å². The first kappa shape index (κ1) is 19.8. The Balaban J connectivity index is 2.09. The number of pyridine rings is 1. The Labute approximate surface area is 177 Å². The minimum Gasteiger partial charge on any atom is -0.293 e. The van der Waals surface area contributed by atoms with Crippen molar-refractivity contribution in [3.8, 4) is 0 Å². The van der Waals surface area contributed by atoms with Gasteiger partial charge in [0.1, 0.15) is 0 Å². The number of para-hydroxylation sites is 1. The first-order chi connectivity index (χ1) is 14.4. The van der Waals surface area contributed by atoms with Gasteiger partial charge in [0.15, 0.2) is 5.78 Å². The quantitative estimate of drug-likeness (QED) is 0.358. The van der Waals surface area contributed by atoms with Crippen molar-refractivity contribution in [3.63, 3.8) is 0 Å². The molecule has 2 nitrogen and oxygen atoms in total. The summed E-state index contributed by atoms with van der Waals surface area (Å²) in [5.41, 5.74) is 4.63. The van der Waals surface area contributed by atoms with Crippen LogP contribution in [-0.2, 0) is 4.79 Å². The van der Waals surface area contributed by atoms with Crippen molar-refractivity contribution in [2.75, 3.05) is 0 Å². The Morgan fingerprint density at radius 3 is 1.77 bits per heavy atom. The standard InChI is InChI=1S/C28H25NO/c1-28(2,3)27(30)26(24-19-18-20-12-10-11-17-23(20)29-24)25(21-13-6-4-7-14-21)22-15-8-5-9-16-22/h4-19H,1-3H3. The smallest absolute Gasteiger partial charge is 0.170 e. The number of carbonyl (C=O) groups excluding carboxylic acids is 1. The highest BCUT2D eigenvalue weighted by molar-refractivity contribution is 6.31. The van der Waals surface area contributed by atoms with Gasteiger partial charge in [-0.1, -0.05) is 106 Å². The summed E-state index contributed by atoms with van der Waals surface area (Å²) in [5.74, 6) is 0.0768. The van der Waals surface area contributed by atoms with E-state index in [0.717, 1.165) is 27.6 Å². The predicted molar refractivity (Wildman–Crippen MR) is 125 cm³/mol. The van der Waals surface area contributed by atoms with Crippen LogP contribution in [0.25, 0.3) is 22.0 Å². The Kier molecular flexibility index (Phi) is 5.33. The molecule has 0 aliphatic carbocycles. The number of allylic oxidation sites excluding steroid dienone is 1. The van der Waals surface area contributed by atoms with Crippen LogP contribution in [0.4, 0.5) is 0 Å². The zero-order chi connectivity index (χ0) is 21.1. The highest BCUT2D eigenvalue weighted by Gasteiger charge is 2.30. The number of hydrogen-bond acceptors (Lipinski definition) is 2. The van der Waals surface area contributed by atoms with Crippen molar-refractivity contribution in [1.82, 2.24) is 4.98 Å². The first-order valence-corrected chi connectivity index (χ1v) is 10.2. The fourth-order valence-corrected chi connectivity index (χ4v) is 3.60. The number of benzene rings is 3. The highest BCUT2D eigenvalue weighted by Crippen LogP contribution is 2.36. The van der Waals surface area contributed by atoms with Gasteiger partial charge in [-0.05, 0) is 23.3 Å². The van der Waals surface area contributed by atoms with Gasteiger partial charge in [-0.15, -0.1) is 0 Å². The van der Waals surface area contributed by atoms with Gasteiger partial charge in [-0.25, -0.2) is 4.98 Å². The number of Topliss-reactive ketones (excluding diaryl/α,β-unsaturated/α-hetero) is 1. The number of aromatic nitrogens is 1. The van der Waals surface area contributed by atoms with Gasteiger partial charge in [0.2, 0.25) is 0 Å². The third-order valence-electron chi connectivity index (χ3n) is 5.14. The van der Waals surface area contributed by atoms with E-state index < -0.39 is 5.41 Å². The van der Waals surface area contributed by atoms with Gasteiger partial charge < -0.3 is 0 Å². The average molecular weight is 392 g/mol. The number of nitrogens with zero attached hydrogens (tertiary/aromatic N) is 1. The number of ketones is 1. The second-order valence-electron chi connectivity index (χ2n) is 8.45. The molecule has 2 heteroatoms. The number of hydrogen-bond donors (Lipinski definition) is 0. The van der Waals surface area contributed by atoms with Crippen molar-refractivity contribution >= 4 is 27.8 Å². The largest absolute Gasteiger partial charge is 0.293 e. The number of rotatable bonds is 4. The molecule has 3 aromatic carbocycles. The lowest BCUT2D eigenvalue weighted by molar-refractivity contribution is -0.120. The van der Waals surface area contributed by atoms with Crippen LogP contribution in [0.15, 0.2) is 97.1 Å². The van der Waals surface area contributed by atoms with Gasteiger partial charge in [-0.3, -0.25) is 4.79 Å². The normalized spacial score (nSPS) is 11.3. The summed E-state index contributed by atoms with van der Waals surface area (Å²) in [6, 6.07) is 32.2. The maximum absolute atomic E-state index is 13.8. The van der Waals surface area contributed by atoms with Crippen LogP contribution in [0, 0.1) is 5.41 Å². The molecule has 0 spiro atoms. The second-order valence-corrected chi connectivity index (χ2v) is 8.45. The maximum atomic E-state index is 13.8. The Morgan fingerprint density at radius 1 is 0.667 bits per heavy atom. The molecule has 30 heavy (non-hydrogen) atoms. The van der Waals surface area contributed by atoms with Gasteiger partial charge in [0.25, 0.3) is 0 Å². The predicted octanol–water partition coefficient (Wildman–Crippen LogP) is 6.81. The van der Waals surface area contributed by atoms with Crippen LogP contribution >= 0.6 is 0 Å². The molecule has 0 radical (unpaired) electrons. The topological polar surface area (TPSA) is 30.0 Å². The lowest BCUT2D eigenvalue weighted by Gasteiger charge is -2.23. The third kappa shape index (κ3) is 3.95. The Morgan fingerprint density at radius 2 is 1.20 bits per heavy atom. The molecule has 0 atom stereocenters. The molecule has 4 aromatic rings. The minimum atomic E-state index is -0.544. The van der Waals surface area contributed by atoms with Crippen molar-refractivity contribution < 1.29 is 4.79 Å². The van der Waals surface area contributed by atoms with E-state index in [2.05, 4.69) is 24.3 Å². The maximum Gasteiger partial charge on any atom is 0.170 e. The molecule has 0 saturated carbocycles. The van der Waals surface area contributed by atoms with E-state index in [-0.39, 0.29) is 5.78 Å². The lowest BCUT2D eigenvalue weighted by Crippen LogP contribution is -2.23. The summed E-state index contributed by atoms with van der Waals surface area (Å²) < 4.78 is 0. The van der Waals surface area contributed by atoms with Gasteiger partial charge >= 0.3 is 0 Å². The SMILES string of the molecule is CC(C)(C)C(=O)C(=C(c1ccccc1)c1ccccc1)c1ccc2ccccc2n1. The zero-order valence-corrected chi connectivity index (χ0v) is 17.6. The Hall–Kier alpha value is -3.52. The molecule has 0 unspecified atom stereocenters. The van der Waals surface area contributed by atoms with Gasteiger partial charge in [0, 0.05) is 16.4 Å². The molecular formula is C28H25NO. The summed E-state index contributed by atoms with van der Waals surface area (Å²) in [6.45, 7) is 5.89. The van der Waals surface area contributed by atoms with Crippen molar-refractivity contribution in [1.29, 1.82) is 0 Å². The highest BCUT2D eigenvalue weighted by atomic mass is 16.1. The number of carbonyl (C=O) groups is 1. The summed E-state index contributed by atoms with van der Waals surface area (Å²) in [7, 11) is 0. The summed E-state index contributed by atoms with van der Waals surface area (Å²) >= 11 is 0. The monoisotopic (exact) mass is 391 g/mol. The van der Waals surface area contributed by atoms with Crippen LogP contribution in [0.5, 0.6) is 0 Å². The molecule has 4 rings (SSSR count). The minimum absolute atomic E-state index is 0.0768. The van der Waals surface area contributed by atoms with Crippen LogP contribution in [0.1, 0.15) is 37.6 Å². The fraction of sp³-hybridized carbons (Fsp3) is 0.143. The van der Waals surface area contributed by atoms with Crippen LogP contribution < -0.4 is 0 Å². The molecule has 0 N–H and O–H groups in total. The molecule has 148 valence electrons. The van der Waals surface area contributed by atoms with E-state index in [1.54, 1.807) is 0 Å². The molecular weight excluding hydrogens is 366 g/mol. The van der Waals surface area contributed by atoms with Crippen molar-refractivity contribution in [3.05, 3.63) is 114 Å². The van der Waals surface area contributed by atoms with Crippen LogP contribution in [0.3, 0.4) is 0 Å². The van der Waals surface area contributed by atoms with Crippen molar-refractivity contribution in [2.24, 2.45) is 5.41 Å². The molecule has 1 heterocycles. The fourth-order valence-electron chi connectivity index (χ4n) is 3.60. The Bertz CT molecular complexity index is 1170. The zero-order valence-electron chi connectivity index (χ0n) is 17.6. The number of fused-ring (bicyclic) bond motifs is 1. The molecule has 0 bridgehead atoms. The molecule has 0 fully saturated rings. The molecule has 0 saturated heterocycles. The average Bonchev–Trinajstić information content (AvgIpc) is 2.77. The van der Waals surface area contributed by atoms with Gasteiger partial charge in [-0.2, -0.15) is 0 Å². The van der Waals surface area contributed by atoms with Crippen molar-refractivity contribution in [2.45, 2.75) is 20.8 Å². The van der Waals surface area contributed by atoms with E-state index in [4.69, 9.17) is 4.98 Å². The summed E-state index contributed by atoms with van der Waals surface area (Å²) in [6.07, 6.45) is 0. The summed E-state index contributed by atoms with van der Waals surface area (Å²) in [4.78, 5) is 18.7. The van der Waals surface area contributed by atoms with Gasteiger partial charge in [0.05, 0.1) is 16.8 Å².